The molecule has 0 aliphatic carbocycles. The van der Waals surface area contributed by atoms with E-state index in [1.165, 1.54) is 7.11 Å². The van der Waals surface area contributed by atoms with Crippen molar-refractivity contribution < 1.29 is 14.3 Å². The van der Waals surface area contributed by atoms with Crippen molar-refractivity contribution in [2.75, 3.05) is 19.0 Å². The molecule has 5 nitrogen and oxygen atoms in total. The lowest BCUT2D eigenvalue weighted by Crippen LogP contribution is -2.10. The Morgan fingerprint density at radius 3 is 2.71 bits per heavy atom. The van der Waals surface area contributed by atoms with Gasteiger partial charge in [-0.15, -0.1) is 0 Å². The molecule has 0 unspecified atom stereocenters. The fourth-order valence-corrected chi connectivity index (χ4v) is 1.26. The minimum Gasteiger partial charge on any atom is -0.469 e. The summed E-state index contributed by atoms with van der Waals surface area (Å²) in [4.78, 5) is 26.2. The van der Waals surface area contributed by atoms with E-state index in [2.05, 4.69) is 15.0 Å². The molecule has 5 heteroatoms. The van der Waals surface area contributed by atoms with E-state index in [4.69, 9.17) is 0 Å². The molecule has 0 saturated carbocycles. The van der Waals surface area contributed by atoms with Crippen LogP contribution in [0, 0.1) is 0 Å². The smallest absolute Gasteiger partial charge is 0.307 e. The largest absolute Gasteiger partial charge is 0.469 e. The first kappa shape index (κ1) is 13.2. The van der Waals surface area contributed by atoms with Crippen molar-refractivity contribution in [3.05, 3.63) is 24.0 Å². The second-order valence-electron chi connectivity index (χ2n) is 3.46. The topological polar surface area (TPSA) is 68.3 Å². The first-order valence-electron chi connectivity index (χ1n) is 5.47. The Bertz CT molecular complexity index is 387. The average Bonchev–Trinajstić information content (AvgIpc) is 2.38. The molecule has 0 bridgehead atoms. The van der Waals surface area contributed by atoms with E-state index in [1.807, 2.05) is 0 Å². The number of carbonyl (C=O) groups excluding carboxylic acids is 2. The third kappa shape index (κ3) is 4.22. The van der Waals surface area contributed by atoms with Crippen LogP contribution in [0.1, 0.15) is 30.3 Å². The summed E-state index contributed by atoms with van der Waals surface area (Å²) in [6.45, 7) is 2.28. The standard InChI is InChI=1S/C12H16N2O3/c1-3-11(15)10-5-4-9(8-14-10)13-7-6-12(16)17-2/h4-5,8,13H,3,6-7H2,1-2H3. The van der Waals surface area contributed by atoms with Crippen LogP contribution in [0.4, 0.5) is 5.69 Å². The number of ketones is 1. The number of ether oxygens (including phenoxy) is 1. The molecule has 17 heavy (non-hydrogen) atoms. The summed E-state index contributed by atoms with van der Waals surface area (Å²) in [6, 6.07) is 3.44. The maximum absolute atomic E-state index is 11.3. The van der Waals surface area contributed by atoms with Gasteiger partial charge in [0.05, 0.1) is 25.4 Å². The van der Waals surface area contributed by atoms with Crippen LogP contribution < -0.4 is 5.32 Å². The summed E-state index contributed by atoms with van der Waals surface area (Å²) in [5.74, 6) is -0.241. The SMILES string of the molecule is CCC(=O)c1ccc(NCCC(=O)OC)cn1. The highest BCUT2D eigenvalue weighted by Gasteiger charge is 2.04. The summed E-state index contributed by atoms with van der Waals surface area (Å²) < 4.78 is 4.51. The van der Waals surface area contributed by atoms with Gasteiger partial charge >= 0.3 is 5.97 Å². The molecular formula is C12H16N2O3. The molecule has 0 aromatic carbocycles. The number of anilines is 1. The predicted octanol–water partition coefficient (Wildman–Crippen LogP) is 1.65. The second kappa shape index (κ2) is 6.62. The van der Waals surface area contributed by atoms with Crippen molar-refractivity contribution in [2.24, 2.45) is 0 Å². The molecule has 0 radical (unpaired) electrons. The van der Waals surface area contributed by atoms with Gasteiger partial charge in [0, 0.05) is 13.0 Å². The fraction of sp³-hybridized carbons (Fsp3) is 0.417. The van der Waals surface area contributed by atoms with Crippen LogP contribution >= 0.6 is 0 Å². The number of esters is 1. The van der Waals surface area contributed by atoms with E-state index >= 15 is 0 Å². The van der Waals surface area contributed by atoms with Crippen LogP contribution in [0.3, 0.4) is 0 Å². The van der Waals surface area contributed by atoms with E-state index in [1.54, 1.807) is 25.3 Å². The molecule has 1 rings (SSSR count). The summed E-state index contributed by atoms with van der Waals surface area (Å²) in [7, 11) is 1.36. The van der Waals surface area contributed by atoms with Crippen LogP contribution in [-0.4, -0.2) is 30.4 Å². The molecule has 1 aromatic rings. The molecule has 0 saturated heterocycles. The Balaban J connectivity index is 2.46. The lowest BCUT2D eigenvalue weighted by molar-refractivity contribution is -0.140. The number of Topliss-reactive ketones (excluding diaryl/α,β-unsaturated/α-hetero) is 1. The third-order valence-electron chi connectivity index (χ3n) is 2.26. The maximum atomic E-state index is 11.3. The molecule has 92 valence electrons. The molecule has 0 fully saturated rings. The Morgan fingerprint density at radius 2 is 2.18 bits per heavy atom. The van der Waals surface area contributed by atoms with Crippen LogP contribution in [-0.2, 0) is 9.53 Å². The molecule has 1 N–H and O–H groups in total. The van der Waals surface area contributed by atoms with Crippen molar-refractivity contribution in [3.8, 4) is 0 Å². The number of aromatic nitrogens is 1. The highest BCUT2D eigenvalue weighted by molar-refractivity contribution is 5.94. The van der Waals surface area contributed by atoms with Gasteiger partial charge in [0.2, 0.25) is 0 Å². The van der Waals surface area contributed by atoms with Crippen molar-refractivity contribution in [1.82, 2.24) is 4.98 Å². The molecule has 1 heterocycles. The van der Waals surface area contributed by atoms with Crippen LogP contribution in [0.2, 0.25) is 0 Å². The molecule has 0 aliphatic rings. The second-order valence-corrected chi connectivity index (χ2v) is 3.46. The molecule has 0 aliphatic heterocycles. The number of methoxy groups -OCH3 is 1. The summed E-state index contributed by atoms with van der Waals surface area (Å²) in [5, 5.41) is 3.02. The zero-order valence-corrected chi connectivity index (χ0v) is 10.0. The van der Waals surface area contributed by atoms with Crippen LogP contribution in [0.5, 0.6) is 0 Å². The quantitative estimate of drug-likeness (QED) is 0.600. The Morgan fingerprint density at radius 1 is 1.41 bits per heavy atom. The molecule has 0 amide bonds. The van der Waals surface area contributed by atoms with Crippen molar-refractivity contribution in [3.63, 3.8) is 0 Å². The Labute approximate surface area is 100 Å². The van der Waals surface area contributed by atoms with Crippen molar-refractivity contribution >= 4 is 17.4 Å². The number of nitrogens with zero attached hydrogens (tertiary/aromatic N) is 1. The number of pyridine rings is 1. The van der Waals surface area contributed by atoms with Gasteiger partial charge in [0.1, 0.15) is 5.69 Å². The molecular weight excluding hydrogens is 220 g/mol. The van der Waals surface area contributed by atoms with Gasteiger partial charge in [-0.05, 0) is 12.1 Å². The Kier molecular flexibility index (Phi) is 5.13. The first-order chi connectivity index (χ1) is 8.17. The lowest BCUT2D eigenvalue weighted by atomic mass is 10.2. The average molecular weight is 236 g/mol. The number of nitrogens with one attached hydrogen (secondary N) is 1. The zero-order valence-electron chi connectivity index (χ0n) is 10.0. The van der Waals surface area contributed by atoms with E-state index in [0.29, 0.717) is 25.1 Å². The zero-order chi connectivity index (χ0) is 12.7. The monoisotopic (exact) mass is 236 g/mol. The molecule has 1 aromatic heterocycles. The van der Waals surface area contributed by atoms with E-state index in [0.717, 1.165) is 5.69 Å². The van der Waals surface area contributed by atoms with Crippen molar-refractivity contribution in [1.29, 1.82) is 0 Å². The minimum absolute atomic E-state index is 0.0195. The highest BCUT2D eigenvalue weighted by Crippen LogP contribution is 2.07. The van der Waals surface area contributed by atoms with Gasteiger partial charge in [0.25, 0.3) is 0 Å². The maximum Gasteiger partial charge on any atom is 0.307 e. The number of hydrogen-bond acceptors (Lipinski definition) is 5. The van der Waals surface area contributed by atoms with E-state index in [-0.39, 0.29) is 11.8 Å². The van der Waals surface area contributed by atoms with Gasteiger partial charge < -0.3 is 10.1 Å². The first-order valence-corrected chi connectivity index (χ1v) is 5.47. The van der Waals surface area contributed by atoms with E-state index < -0.39 is 0 Å². The lowest BCUT2D eigenvalue weighted by Gasteiger charge is -2.05. The van der Waals surface area contributed by atoms with Crippen molar-refractivity contribution in [2.45, 2.75) is 19.8 Å². The van der Waals surface area contributed by atoms with Gasteiger partial charge in [-0.1, -0.05) is 6.92 Å². The van der Waals surface area contributed by atoms with E-state index in [9.17, 15) is 9.59 Å². The fourth-order valence-electron chi connectivity index (χ4n) is 1.26. The predicted molar refractivity (Wildman–Crippen MR) is 64.0 cm³/mol. The number of carbonyl (C=O) groups is 2. The minimum atomic E-state index is -0.261. The Hall–Kier alpha value is -1.91. The summed E-state index contributed by atoms with van der Waals surface area (Å²) in [5.41, 5.74) is 1.24. The number of rotatable bonds is 6. The summed E-state index contributed by atoms with van der Waals surface area (Å²) in [6.07, 6.45) is 2.33. The normalized spacial score (nSPS) is 9.76. The van der Waals surface area contributed by atoms with Gasteiger partial charge in [-0.2, -0.15) is 0 Å². The summed E-state index contributed by atoms with van der Waals surface area (Å²) >= 11 is 0. The molecule has 0 spiro atoms. The van der Waals surface area contributed by atoms with Gasteiger partial charge in [-0.3, -0.25) is 14.6 Å². The number of hydrogen-bond donors (Lipinski definition) is 1. The van der Waals surface area contributed by atoms with Crippen LogP contribution in [0.25, 0.3) is 0 Å². The van der Waals surface area contributed by atoms with Gasteiger partial charge in [0.15, 0.2) is 5.78 Å². The molecule has 0 atom stereocenters. The highest BCUT2D eigenvalue weighted by atomic mass is 16.5. The third-order valence-corrected chi connectivity index (χ3v) is 2.26. The van der Waals surface area contributed by atoms with Gasteiger partial charge in [-0.25, -0.2) is 0 Å². The van der Waals surface area contributed by atoms with Crippen LogP contribution in [0.15, 0.2) is 18.3 Å².